The Labute approximate surface area is 114 Å². The smallest absolute Gasteiger partial charge is 0.0233 e. The minimum absolute atomic E-state index is 0.555. The average Bonchev–Trinajstić information content (AvgIpc) is 2.49. The number of hydrogen-bond donors (Lipinski definition) is 2. The van der Waals surface area contributed by atoms with E-state index in [1.807, 2.05) is 0 Å². The first-order chi connectivity index (χ1) is 9.42. The van der Waals surface area contributed by atoms with Gasteiger partial charge in [0.2, 0.25) is 0 Å². The Morgan fingerprint density at radius 2 is 1.74 bits per heavy atom. The van der Waals surface area contributed by atoms with Crippen molar-refractivity contribution in [3.63, 3.8) is 0 Å². The van der Waals surface area contributed by atoms with Crippen LogP contribution in [0.15, 0.2) is 54.6 Å². The van der Waals surface area contributed by atoms with E-state index in [9.17, 15) is 0 Å². The van der Waals surface area contributed by atoms with Gasteiger partial charge in [0, 0.05) is 25.7 Å². The molecule has 0 bridgehead atoms. The van der Waals surface area contributed by atoms with Crippen molar-refractivity contribution in [3.8, 4) is 11.1 Å². The first-order valence-corrected chi connectivity index (χ1v) is 7.00. The monoisotopic (exact) mass is 252 g/mol. The minimum atomic E-state index is 0.555. The lowest BCUT2D eigenvalue weighted by Gasteiger charge is -2.24. The average molecular weight is 252 g/mol. The second-order valence-electron chi connectivity index (χ2n) is 5.13. The van der Waals surface area contributed by atoms with Crippen LogP contribution in [0.5, 0.6) is 0 Å². The van der Waals surface area contributed by atoms with Crippen molar-refractivity contribution < 1.29 is 0 Å². The van der Waals surface area contributed by atoms with E-state index in [-0.39, 0.29) is 0 Å². The first kappa shape index (κ1) is 12.4. The molecule has 2 nitrogen and oxygen atoms in total. The molecule has 1 aliphatic rings. The molecule has 1 atom stereocenters. The van der Waals surface area contributed by atoms with Crippen LogP contribution in [0.25, 0.3) is 11.1 Å². The summed E-state index contributed by atoms with van der Waals surface area (Å²) in [5, 5.41) is 7.00. The van der Waals surface area contributed by atoms with E-state index >= 15 is 0 Å². The van der Waals surface area contributed by atoms with E-state index in [0.717, 1.165) is 26.1 Å². The van der Waals surface area contributed by atoms with E-state index in [1.165, 1.54) is 16.7 Å². The van der Waals surface area contributed by atoms with E-state index in [1.54, 1.807) is 0 Å². The maximum atomic E-state index is 3.56. The van der Waals surface area contributed by atoms with Crippen LogP contribution in [0.3, 0.4) is 0 Å². The second-order valence-corrected chi connectivity index (χ2v) is 5.13. The Bertz CT molecular complexity index is 516. The molecule has 0 aliphatic carbocycles. The molecule has 0 unspecified atom stereocenters. The van der Waals surface area contributed by atoms with Crippen LogP contribution in [-0.2, 0) is 6.42 Å². The van der Waals surface area contributed by atoms with E-state index in [0.29, 0.717) is 6.04 Å². The van der Waals surface area contributed by atoms with Crippen molar-refractivity contribution >= 4 is 0 Å². The van der Waals surface area contributed by atoms with Crippen LogP contribution in [0.1, 0.15) is 5.56 Å². The van der Waals surface area contributed by atoms with Gasteiger partial charge in [0.15, 0.2) is 0 Å². The Hall–Kier alpha value is -1.64. The van der Waals surface area contributed by atoms with Gasteiger partial charge >= 0.3 is 0 Å². The van der Waals surface area contributed by atoms with Crippen molar-refractivity contribution in [2.45, 2.75) is 12.5 Å². The summed E-state index contributed by atoms with van der Waals surface area (Å²) in [6.45, 7) is 3.22. The van der Waals surface area contributed by atoms with E-state index < -0.39 is 0 Å². The Balaban J connectivity index is 1.76. The van der Waals surface area contributed by atoms with Gasteiger partial charge in [0.05, 0.1) is 0 Å². The summed E-state index contributed by atoms with van der Waals surface area (Å²) in [4.78, 5) is 0. The molecule has 0 aromatic heterocycles. The highest BCUT2D eigenvalue weighted by atomic mass is 15.0. The topological polar surface area (TPSA) is 24.1 Å². The molecule has 2 N–H and O–H groups in total. The molecule has 1 saturated heterocycles. The standard InChI is InChI=1S/C17H20N2/c1-2-6-15(7-3-1)16-8-4-5-14(11-16)12-17-13-18-9-10-19-17/h1-8,11,17-19H,9-10,12-13H2/t17-/m0/s1. The molecule has 1 aliphatic heterocycles. The predicted molar refractivity (Wildman–Crippen MR) is 80.2 cm³/mol. The lowest BCUT2D eigenvalue weighted by molar-refractivity contribution is 0.417. The van der Waals surface area contributed by atoms with Gasteiger partial charge in [-0.25, -0.2) is 0 Å². The highest BCUT2D eigenvalue weighted by Crippen LogP contribution is 2.20. The largest absolute Gasteiger partial charge is 0.314 e. The van der Waals surface area contributed by atoms with Crippen molar-refractivity contribution in [2.24, 2.45) is 0 Å². The molecule has 1 fully saturated rings. The number of nitrogens with one attached hydrogen (secondary N) is 2. The van der Waals surface area contributed by atoms with Gasteiger partial charge in [-0.15, -0.1) is 0 Å². The lowest BCUT2D eigenvalue weighted by Crippen LogP contribution is -2.49. The predicted octanol–water partition coefficient (Wildman–Crippen LogP) is 2.46. The summed E-state index contributed by atoms with van der Waals surface area (Å²) in [5.41, 5.74) is 4.00. The molecule has 2 aromatic rings. The summed E-state index contributed by atoms with van der Waals surface area (Å²) in [6.07, 6.45) is 1.09. The van der Waals surface area contributed by atoms with Gasteiger partial charge in [-0.05, 0) is 23.1 Å². The van der Waals surface area contributed by atoms with Gasteiger partial charge in [0.1, 0.15) is 0 Å². The second kappa shape index (κ2) is 6.00. The van der Waals surface area contributed by atoms with Crippen LogP contribution >= 0.6 is 0 Å². The third kappa shape index (κ3) is 3.22. The lowest BCUT2D eigenvalue weighted by atomic mass is 9.99. The Morgan fingerprint density at radius 3 is 2.53 bits per heavy atom. The summed E-state index contributed by atoms with van der Waals surface area (Å²) >= 11 is 0. The molecule has 0 spiro atoms. The molecule has 2 aromatic carbocycles. The van der Waals surface area contributed by atoms with Crippen LogP contribution < -0.4 is 10.6 Å². The highest BCUT2D eigenvalue weighted by Gasteiger charge is 2.12. The zero-order valence-electron chi connectivity index (χ0n) is 11.1. The van der Waals surface area contributed by atoms with Crippen molar-refractivity contribution in [2.75, 3.05) is 19.6 Å². The summed E-state index contributed by atoms with van der Waals surface area (Å²) in [5.74, 6) is 0. The van der Waals surface area contributed by atoms with E-state index in [2.05, 4.69) is 65.2 Å². The van der Waals surface area contributed by atoms with Crippen LogP contribution in [0, 0.1) is 0 Å². The van der Waals surface area contributed by atoms with E-state index in [4.69, 9.17) is 0 Å². The minimum Gasteiger partial charge on any atom is -0.314 e. The molecule has 0 saturated carbocycles. The number of hydrogen-bond acceptors (Lipinski definition) is 2. The zero-order valence-corrected chi connectivity index (χ0v) is 11.1. The molecule has 19 heavy (non-hydrogen) atoms. The fourth-order valence-corrected chi connectivity index (χ4v) is 2.65. The van der Waals surface area contributed by atoms with Crippen molar-refractivity contribution in [1.29, 1.82) is 0 Å². The fraction of sp³-hybridized carbons (Fsp3) is 0.294. The molecule has 1 heterocycles. The first-order valence-electron chi connectivity index (χ1n) is 7.00. The number of rotatable bonds is 3. The molecule has 98 valence electrons. The maximum absolute atomic E-state index is 3.56. The Kier molecular flexibility index (Phi) is 3.92. The Morgan fingerprint density at radius 1 is 0.895 bits per heavy atom. The fourth-order valence-electron chi connectivity index (χ4n) is 2.65. The van der Waals surface area contributed by atoms with Gasteiger partial charge in [-0.2, -0.15) is 0 Å². The summed E-state index contributed by atoms with van der Waals surface area (Å²) < 4.78 is 0. The third-order valence-corrected chi connectivity index (χ3v) is 3.64. The highest BCUT2D eigenvalue weighted by molar-refractivity contribution is 5.63. The van der Waals surface area contributed by atoms with Gasteiger partial charge in [0.25, 0.3) is 0 Å². The molecule has 0 amide bonds. The number of piperazine rings is 1. The van der Waals surface area contributed by atoms with Crippen LogP contribution in [0.4, 0.5) is 0 Å². The third-order valence-electron chi connectivity index (χ3n) is 3.64. The van der Waals surface area contributed by atoms with Crippen LogP contribution in [0.2, 0.25) is 0 Å². The normalized spacial score (nSPS) is 19.3. The summed E-state index contributed by atoms with van der Waals surface area (Å²) in [6, 6.07) is 20.0. The van der Waals surface area contributed by atoms with Crippen molar-refractivity contribution in [1.82, 2.24) is 10.6 Å². The van der Waals surface area contributed by atoms with Gasteiger partial charge in [-0.3, -0.25) is 0 Å². The SMILES string of the molecule is c1ccc(-c2cccc(C[C@H]3CNCCN3)c2)cc1. The molecular formula is C17H20N2. The van der Waals surface area contributed by atoms with Crippen LogP contribution in [-0.4, -0.2) is 25.7 Å². The molecule has 0 radical (unpaired) electrons. The van der Waals surface area contributed by atoms with Gasteiger partial charge < -0.3 is 10.6 Å². The quantitative estimate of drug-likeness (QED) is 0.877. The maximum Gasteiger partial charge on any atom is 0.0233 e. The van der Waals surface area contributed by atoms with Gasteiger partial charge in [-0.1, -0.05) is 54.6 Å². The van der Waals surface area contributed by atoms with Crippen molar-refractivity contribution in [3.05, 3.63) is 60.2 Å². The zero-order chi connectivity index (χ0) is 12.9. The number of benzene rings is 2. The summed E-state index contributed by atoms with van der Waals surface area (Å²) in [7, 11) is 0. The molecule has 2 heteroatoms. The molecule has 3 rings (SSSR count). The molecular weight excluding hydrogens is 232 g/mol.